The molecule has 0 aromatic carbocycles. The van der Waals surface area contributed by atoms with E-state index in [4.69, 9.17) is 10.2 Å². The fourth-order valence-corrected chi connectivity index (χ4v) is 2.74. The molecule has 0 aliphatic rings. The molecule has 1 heterocycles. The van der Waals surface area contributed by atoms with E-state index in [1.807, 2.05) is 6.07 Å². The second-order valence-electron chi connectivity index (χ2n) is 4.37. The maximum absolute atomic E-state index is 10.7. The maximum Gasteiger partial charge on any atom is 0.345 e. The molecule has 4 nitrogen and oxygen atoms in total. The Hall–Kier alpha value is -0.910. The van der Waals surface area contributed by atoms with Crippen LogP contribution >= 0.6 is 11.3 Å². The third-order valence-electron chi connectivity index (χ3n) is 2.84. The highest BCUT2D eigenvalue weighted by atomic mass is 32.1. The van der Waals surface area contributed by atoms with Gasteiger partial charge in [-0.25, -0.2) is 4.79 Å². The summed E-state index contributed by atoms with van der Waals surface area (Å²) in [7, 11) is 0. The molecule has 1 atom stereocenters. The van der Waals surface area contributed by atoms with Gasteiger partial charge in [-0.05, 0) is 37.4 Å². The van der Waals surface area contributed by atoms with Crippen molar-refractivity contribution in [3.8, 4) is 0 Å². The molecule has 0 fully saturated rings. The molecule has 0 bridgehead atoms. The van der Waals surface area contributed by atoms with Crippen molar-refractivity contribution in [2.24, 2.45) is 5.92 Å². The highest BCUT2D eigenvalue weighted by Crippen LogP contribution is 2.16. The minimum atomic E-state index is -0.865. The van der Waals surface area contributed by atoms with Crippen LogP contribution in [-0.4, -0.2) is 29.3 Å². The number of carboxylic acid groups (broad SMARTS) is 1. The van der Waals surface area contributed by atoms with Crippen molar-refractivity contribution < 1.29 is 15.0 Å². The lowest BCUT2D eigenvalue weighted by atomic mass is 10.0. The predicted molar refractivity (Wildman–Crippen MR) is 73.1 cm³/mol. The Bertz CT molecular complexity index is 359. The van der Waals surface area contributed by atoms with Crippen LogP contribution in [0.4, 0.5) is 0 Å². The van der Waals surface area contributed by atoms with Crippen LogP contribution in [0.1, 0.15) is 40.7 Å². The summed E-state index contributed by atoms with van der Waals surface area (Å²) < 4.78 is 0. The summed E-state index contributed by atoms with van der Waals surface area (Å²) in [4.78, 5) is 12.1. The van der Waals surface area contributed by atoms with Gasteiger partial charge in [0.2, 0.25) is 0 Å². The minimum Gasteiger partial charge on any atom is -0.477 e. The third kappa shape index (κ3) is 5.16. The summed E-state index contributed by atoms with van der Waals surface area (Å²) in [6.07, 6.45) is 3.05. The summed E-state index contributed by atoms with van der Waals surface area (Å²) in [5.41, 5.74) is 0. The largest absolute Gasteiger partial charge is 0.477 e. The summed E-state index contributed by atoms with van der Waals surface area (Å²) in [5, 5.41) is 21.1. The summed E-state index contributed by atoms with van der Waals surface area (Å²) in [6.45, 7) is 3.94. The van der Waals surface area contributed by atoms with Crippen molar-refractivity contribution in [2.45, 2.75) is 32.7 Å². The molecule has 1 rings (SSSR count). The number of carbonyl (C=O) groups is 1. The van der Waals surface area contributed by atoms with Crippen LogP contribution in [0.5, 0.6) is 0 Å². The molecule has 3 N–H and O–H groups in total. The standard InChI is InChI=1S/C13H21NO3S/c1-2-3-10(6-7-15)8-14-9-11-4-5-12(18-11)13(16)17/h4-5,10,14-15H,2-3,6-9H2,1H3,(H,16,17). The fourth-order valence-electron chi connectivity index (χ4n) is 1.93. The van der Waals surface area contributed by atoms with Gasteiger partial charge in [-0.1, -0.05) is 13.3 Å². The Morgan fingerprint density at radius 2 is 2.22 bits per heavy atom. The van der Waals surface area contributed by atoms with Gasteiger partial charge in [-0.15, -0.1) is 11.3 Å². The number of rotatable bonds is 9. The number of thiophene rings is 1. The number of aliphatic hydroxyl groups excluding tert-OH is 1. The van der Waals surface area contributed by atoms with Crippen molar-refractivity contribution >= 4 is 17.3 Å². The normalized spacial score (nSPS) is 12.6. The first kappa shape index (κ1) is 15.1. The lowest BCUT2D eigenvalue weighted by molar-refractivity contribution is 0.0702. The Balaban J connectivity index is 2.32. The van der Waals surface area contributed by atoms with E-state index in [9.17, 15) is 4.79 Å². The van der Waals surface area contributed by atoms with E-state index in [-0.39, 0.29) is 6.61 Å². The van der Waals surface area contributed by atoms with Gasteiger partial charge in [0.25, 0.3) is 0 Å². The van der Waals surface area contributed by atoms with E-state index in [1.165, 1.54) is 11.3 Å². The van der Waals surface area contributed by atoms with Gasteiger partial charge in [0, 0.05) is 18.0 Å². The first-order chi connectivity index (χ1) is 8.67. The highest BCUT2D eigenvalue weighted by molar-refractivity contribution is 7.13. The third-order valence-corrected chi connectivity index (χ3v) is 3.91. The van der Waals surface area contributed by atoms with Crippen LogP contribution < -0.4 is 5.32 Å². The summed E-state index contributed by atoms with van der Waals surface area (Å²) in [6, 6.07) is 3.49. The monoisotopic (exact) mass is 271 g/mol. The molecule has 1 aromatic heterocycles. The molecule has 0 aliphatic carbocycles. The maximum atomic E-state index is 10.7. The van der Waals surface area contributed by atoms with Crippen molar-refractivity contribution in [1.29, 1.82) is 0 Å². The second kappa shape index (κ2) is 8.24. The first-order valence-electron chi connectivity index (χ1n) is 6.31. The van der Waals surface area contributed by atoms with E-state index in [0.29, 0.717) is 17.3 Å². The zero-order valence-corrected chi connectivity index (χ0v) is 11.5. The van der Waals surface area contributed by atoms with E-state index < -0.39 is 5.97 Å². The Morgan fingerprint density at radius 1 is 1.44 bits per heavy atom. The molecular weight excluding hydrogens is 250 g/mol. The molecule has 0 aliphatic heterocycles. The molecule has 5 heteroatoms. The number of aliphatic hydroxyl groups is 1. The van der Waals surface area contributed by atoms with Crippen molar-refractivity contribution in [3.63, 3.8) is 0 Å². The Kier molecular flexibility index (Phi) is 6.93. The number of nitrogens with one attached hydrogen (secondary N) is 1. The molecule has 18 heavy (non-hydrogen) atoms. The molecule has 1 unspecified atom stereocenters. The number of hydrogen-bond acceptors (Lipinski definition) is 4. The van der Waals surface area contributed by atoms with Crippen LogP contribution in [0, 0.1) is 5.92 Å². The molecule has 0 amide bonds. The van der Waals surface area contributed by atoms with Crippen LogP contribution in [0.25, 0.3) is 0 Å². The van der Waals surface area contributed by atoms with Gasteiger partial charge in [-0.2, -0.15) is 0 Å². The number of carboxylic acids is 1. The van der Waals surface area contributed by atoms with E-state index in [2.05, 4.69) is 12.2 Å². The van der Waals surface area contributed by atoms with Crippen molar-refractivity contribution in [3.05, 3.63) is 21.9 Å². The van der Waals surface area contributed by atoms with E-state index in [1.54, 1.807) is 6.07 Å². The molecular formula is C13H21NO3S. The van der Waals surface area contributed by atoms with Gasteiger partial charge in [0.15, 0.2) is 0 Å². The van der Waals surface area contributed by atoms with Crippen LogP contribution in [0.3, 0.4) is 0 Å². The number of hydrogen-bond donors (Lipinski definition) is 3. The zero-order chi connectivity index (χ0) is 13.4. The van der Waals surface area contributed by atoms with Crippen LogP contribution in [0.15, 0.2) is 12.1 Å². The Labute approximate surface area is 112 Å². The summed E-state index contributed by atoms with van der Waals surface area (Å²) >= 11 is 1.31. The van der Waals surface area contributed by atoms with Gasteiger partial charge in [0.05, 0.1) is 0 Å². The molecule has 0 saturated carbocycles. The molecule has 102 valence electrons. The van der Waals surface area contributed by atoms with Crippen molar-refractivity contribution in [2.75, 3.05) is 13.2 Å². The average molecular weight is 271 g/mol. The van der Waals surface area contributed by atoms with Gasteiger partial charge in [0.1, 0.15) is 4.88 Å². The quantitative estimate of drug-likeness (QED) is 0.645. The molecule has 0 saturated heterocycles. The number of aromatic carboxylic acids is 1. The van der Waals surface area contributed by atoms with Crippen LogP contribution in [0.2, 0.25) is 0 Å². The van der Waals surface area contributed by atoms with Crippen LogP contribution in [-0.2, 0) is 6.54 Å². The van der Waals surface area contributed by atoms with Gasteiger partial charge < -0.3 is 15.5 Å². The topological polar surface area (TPSA) is 69.6 Å². The minimum absolute atomic E-state index is 0.231. The SMILES string of the molecule is CCCC(CCO)CNCc1ccc(C(=O)O)s1. The lowest BCUT2D eigenvalue weighted by Gasteiger charge is -2.15. The zero-order valence-electron chi connectivity index (χ0n) is 10.7. The highest BCUT2D eigenvalue weighted by Gasteiger charge is 2.09. The average Bonchev–Trinajstić information content (AvgIpc) is 2.78. The van der Waals surface area contributed by atoms with Gasteiger partial charge in [-0.3, -0.25) is 0 Å². The van der Waals surface area contributed by atoms with Crippen molar-refractivity contribution in [1.82, 2.24) is 5.32 Å². The molecule has 0 radical (unpaired) electrons. The molecule has 1 aromatic rings. The second-order valence-corrected chi connectivity index (χ2v) is 5.54. The summed E-state index contributed by atoms with van der Waals surface area (Å²) in [5.74, 6) is -0.366. The van der Waals surface area contributed by atoms with E-state index in [0.717, 1.165) is 30.7 Å². The fraction of sp³-hybridized carbons (Fsp3) is 0.615. The Morgan fingerprint density at radius 3 is 2.78 bits per heavy atom. The van der Waals surface area contributed by atoms with E-state index >= 15 is 0 Å². The predicted octanol–water partition coefficient (Wildman–Crippen LogP) is 2.33. The lowest BCUT2D eigenvalue weighted by Crippen LogP contribution is -2.22. The molecule has 0 spiro atoms. The first-order valence-corrected chi connectivity index (χ1v) is 7.12. The smallest absolute Gasteiger partial charge is 0.345 e. The van der Waals surface area contributed by atoms with Gasteiger partial charge >= 0.3 is 5.97 Å².